The van der Waals surface area contributed by atoms with Crippen molar-refractivity contribution in [1.82, 2.24) is 14.0 Å². The average molecular weight is 319 g/mol. The van der Waals surface area contributed by atoms with Crippen molar-refractivity contribution >= 4 is 17.1 Å². The Labute approximate surface area is 133 Å². The van der Waals surface area contributed by atoms with Gasteiger partial charge >= 0.3 is 11.8 Å². The highest BCUT2D eigenvalue weighted by Gasteiger charge is 2.56. The smallest absolute Gasteiger partial charge is 0.413 e. The van der Waals surface area contributed by atoms with Gasteiger partial charge in [0.05, 0.1) is 17.6 Å². The number of hydrogen-bond donors (Lipinski definition) is 1. The Morgan fingerprint density at radius 3 is 2.26 bits per heavy atom. The zero-order chi connectivity index (χ0) is 17.2. The number of aryl methyl sites for hydroxylation is 2. The first-order valence-corrected chi connectivity index (χ1v) is 7.43. The van der Waals surface area contributed by atoms with Gasteiger partial charge in [-0.1, -0.05) is 6.07 Å². The van der Waals surface area contributed by atoms with Gasteiger partial charge in [0, 0.05) is 14.1 Å². The summed E-state index contributed by atoms with van der Waals surface area (Å²) >= 11 is 0. The van der Waals surface area contributed by atoms with Crippen molar-refractivity contribution in [3.05, 3.63) is 34.2 Å². The molecule has 7 nitrogen and oxygen atoms in total. The van der Waals surface area contributed by atoms with Gasteiger partial charge in [-0.25, -0.2) is 9.59 Å². The summed E-state index contributed by atoms with van der Waals surface area (Å²) in [4.78, 5) is 25.4. The number of ether oxygens (including phenoxy) is 1. The maximum Gasteiger partial charge on any atom is 0.413 e. The standard InChI is InChI=1S/C16H21N3O4/c1-15(2)16(3,22)19(14(21)23-15)9-10-6-7-11-12(8-10)18(5)13(20)17(11)4/h6-8,22H,9H2,1-5H3/t16-/m1/s1. The number of benzene rings is 1. The number of carbonyl (C=O) groups excluding carboxylic acids is 1. The summed E-state index contributed by atoms with van der Waals surface area (Å²) in [5.41, 5.74) is -0.103. The number of hydrogen-bond acceptors (Lipinski definition) is 4. The molecule has 1 amide bonds. The van der Waals surface area contributed by atoms with Crippen LogP contribution in [0.1, 0.15) is 26.3 Å². The van der Waals surface area contributed by atoms with E-state index in [1.807, 2.05) is 18.2 Å². The number of nitrogens with zero attached hydrogens (tertiary/aromatic N) is 3. The first-order valence-electron chi connectivity index (χ1n) is 7.43. The summed E-state index contributed by atoms with van der Waals surface area (Å²) in [7, 11) is 3.42. The molecule has 3 rings (SSSR count). The molecule has 1 atom stereocenters. The Morgan fingerprint density at radius 2 is 1.70 bits per heavy atom. The van der Waals surface area contributed by atoms with Crippen LogP contribution in [0, 0.1) is 0 Å². The van der Waals surface area contributed by atoms with E-state index in [1.54, 1.807) is 44.0 Å². The van der Waals surface area contributed by atoms with Crippen LogP contribution in [-0.2, 0) is 25.4 Å². The second-order valence-electron chi connectivity index (χ2n) is 6.71. The summed E-state index contributed by atoms with van der Waals surface area (Å²) in [6.07, 6.45) is -0.554. The van der Waals surface area contributed by atoms with E-state index in [0.29, 0.717) is 0 Å². The van der Waals surface area contributed by atoms with Gasteiger partial charge in [-0.2, -0.15) is 0 Å². The van der Waals surface area contributed by atoms with Crippen LogP contribution in [0.4, 0.5) is 4.79 Å². The van der Waals surface area contributed by atoms with Gasteiger partial charge in [0.15, 0.2) is 11.3 Å². The molecule has 0 aliphatic carbocycles. The number of fused-ring (bicyclic) bond motifs is 1. The van der Waals surface area contributed by atoms with Gasteiger partial charge < -0.3 is 9.84 Å². The van der Waals surface area contributed by atoms with E-state index in [0.717, 1.165) is 16.6 Å². The third-order valence-corrected chi connectivity index (χ3v) is 4.91. The highest BCUT2D eigenvalue weighted by Crippen LogP contribution is 2.38. The molecule has 0 bridgehead atoms. The fraction of sp³-hybridized carbons (Fsp3) is 0.500. The third-order valence-electron chi connectivity index (χ3n) is 4.91. The second-order valence-corrected chi connectivity index (χ2v) is 6.71. The van der Waals surface area contributed by atoms with E-state index < -0.39 is 17.4 Å². The van der Waals surface area contributed by atoms with Crippen molar-refractivity contribution in [3.8, 4) is 0 Å². The molecule has 1 aromatic carbocycles. The molecule has 1 N–H and O–H groups in total. The molecule has 2 heterocycles. The van der Waals surface area contributed by atoms with Gasteiger partial charge in [-0.15, -0.1) is 0 Å². The van der Waals surface area contributed by atoms with Crippen LogP contribution in [-0.4, -0.2) is 36.6 Å². The van der Waals surface area contributed by atoms with E-state index in [4.69, 9.17) is 4.74 Å². The van der Waals surface area contributed by atoms with Gasteiger partial charge in [0.1, 0.15) is 0 Å². The predicted octanol–water partition coefficient (Wildman–Crippen LogP) is 1.32. The lowest BCUT2D eigenvalue weighted by atomic mass is 9.95. The van der Waals surface area contributed by atoms with Crippen molar-refractivity contribution in [1.29, 1.82) is 0 Å². The van der Waals surface area contributed by atoms with Crippen LogP contribution in [0.15, 0.2) is 23.0 Å². The zero-order valence-electron chi connectivity index (χ0n) is 14.0. The normalized spacial score (nSPS) is 23.6. The van der Waals surface area contributed by atoms with Crippen molar-refractivity contribution in [2.75, 3.05) is 0 Å². The highest BCUT2D eigenvalue weighted by atomic mass is 16.6. The van der Waals surface area contributed by atoms with Crippen LogP contribution < -0.4 is 5.69 Å². The minimum absolute atomic E-state index is 0.106. The lowest BCUT2D eigenvalue weighted by molar-refractivity contribution is -0.129. The molecule has 0 radical (unpaired) electrons. The minimum atomic E-state index is -1.42. The van der Waals surface area contributed by atoms with Gasteiger partial charge in [0.25, 0.3) is 0 Å². The van der Waals surface area contributed by atoms with Gasteiger partial charge in [-0.05, 0) is 38.5 Å². The Kier molecular flexibility index (Phi) is 3.13. The molecule has 1 aliphatic heterocycles. The molecule has 7 heteroatoms. The Balaban J connectivity index is 2.01. The monoisotopic (exact) mass is 319 g/mol. The van der Waals surface area contributed by atoms with Crippen LogP contribution in [0.3, 0.4) is 0 Å². The van der Waals surface area contributed by atoms with E-state index in [9.17, 15) is 14.7 Å². The Hall–Kier alpha value is -2.28. The lowest BCUT2D eigenvalue weighted by Gasteiger charge is -2.34. The van der Waals surface area contributed by atoms with Gasteiger partial charge in [0.2, 0.25) is 0 Å². The number of aliphatic hydroxyl groups is 1. The molecule has 1 saturated heterocycles. The van der Waals surface area contributed by atoms with Gasteiger partial charge in [-0.3, -0.25) is 14.0 Å². The van der Waals surface area contributed by atoms with E-state index in [-0.39, 0.29) is 12.2 Å². The molecule has 1 fully saturated rings. The molecule has 0 saturated carbocycles. The van der Waals surface area contributed by atoms with E-state index in [2.05, 4.69) is 0 Å². The number of cyclic esters (lactones) is 1. The van der Waals surface area contributed by atoms with Crippen LogP contribution in [0.2, 0.25) is 0 Å². The molecule has 124 valence electrons. The summed E-state index contributed by atoms with van der Waals surface area (Å²) in [5.74, 6) is 0. The van der Waals surface area contributed by atoms with Crippen molar-refractivity contribution in [3.63, 3.8) is 0 Å². The van der Waals surface area contributed by atoms with Crippen molar-refractivity contribution < 1.29 is 14.6 Å². The molecule has 0 spiro atoms. The van der Waals surface area contributed by atoms with Crippen LogP contribution >= 0.6 is 0 Å². The minimum Gasteiger partial charge on any atom is -0.438 e. The number of aromatic nitrogens is 2. The Morgan fingerprint density at radius 1 is 1.09 bits per heavy atom. The molecule has 1 aliphatic rings. The fourth-order valence-corrected chi connectivity index (χ4v) is 2.92. The summed E-state index contributed by atoms with van der Waals surface area (Å²) in [5, 5.41) is 10.7. The van der Waals surface area contributed by atoms with Crippen LogP contribution in [0.5, 0.6) is 0 Å². The molecular weight excluding hydrogens is 298 g/mol. The SMILES string of the molecule is Cn1c(=O)n(C)c2cc(CN3C(=O)OC(C)(C)[C@@]3(C)O)ccc21. The maximum atomic E-state index is 12.1. The molecule has 2 aromatic rings. The number of imidazole rings is 1. The fourth-order valence-electron chi connectivity index (χ4n) is 2.92. The molecule has 1 aromatic heterocycles. The van der Waals surface area contributed by atoms with Crippen molar-refractivity contribution in [2.24, 2.45) is 14.1 Å². The summed E-state index contributed by atoms with van der Waals surface area (Å²) in [6, 6.07) is 5.54. The van der Waals surface area contributed by atoms with E-state index >= 15 is 0 Å². The number of rotatable bonds is 2. The number of carbonyl (C=O) groups is 1. The van der Waals surface area contributed by atoms with Crippen molar-refractivity contribution in [2.45, 2.75) is 38.6 Å². The highest BCUT2D eigenvalue weighted by molar-refractivity contribution is 5.77. The molecular formula is C16H21N3O4. The number of amides is 1. The summed E-state index contributed by atoms with van der Waals surface area (Å²) < 4.78 is 8.39. The summed E-state index contributed by atoms with van der Waals surface area (Å²) in [6.45, 7) is 5.12. The largest absolute Gasteiger partial charge is 0.438 e. The topological polar surface area (TPSA) is 76.7 Å². The zero-order valence-corrected chi connectivity index (χ0v) is 14.0. The Bertz CT molecular complexity index is 860. The molecule has 0 unspecified atom stereocenters. The quantitative estimate of drug-likeness (QED) is 0.905. The first kappa shape index (κ1) is 15.6. The lowest BCUT2D eigenvalue weighted by Crippen LogP contribution is -2.53. The second kappa shape index (κ2) is 4.61. The molecule has 23 heavy (non-hydrogen) atoms. The third kappa shape index (κ3) is 2.07. The van der Waals surface area contributed by atoms with E-state index in [1.165, 1.54) is 4.90 Å². The predicted molar refractivity (Wildman–Crippen MR) is 84.9 cm³/mol. The average Bonchev–Trinajstić information content (AvgIpc) is 2.76. The van der Waals surface area contributed by atoms with Crippen LogP contribution in [0.25, 0.3) is 11.0 Å². The maximum absolute atomic E-state index is 12.1. The first-order chi connectivity index (χ1) is 10.6.